The maximum absolute atomic E-state index is 12.1. The number of likely N-dealkylation sites (N-methyl/N-ethyl adjacent to an activating group) is 1. The van der Waals surface area contributed by atoms with E-state index in [9.17, 15) is 4.79 Å². The van der Waals surface area contributed by atoms with Gasteiger partial charge in [-0.05, 0) is 38.1 Å². The first-order chi connectivity index (χ1) is 10.2. The molecule has 0 radical (unpaired) electrons. The minimum atomic E-state index is 0.0675. The summed E-state index contributed by atoms with van der Waals surface area (Å²) >= 11 is 6.09. The maximum atomic E-state index is 12.1. The van der Waals surface area contributed by atoms with Gasteiger partial charge in [0.05, 0.1) is 6.54 Å². The number of benzene rings is 1. The summed E-state index contributed by atoms with van der Waals surface area (Å²) < 4.78 is 0. The number of nitrogens with one attached hydrogen (secondary N) is 2. The molecule has 1 saturated heterocycles. The first kappa shape index (κ1) is 16.3. The molecule has 2 N–H and O–H groups in total. The number of carbonyl (C=O) groups is 1. The van der Waals surface area contributed by atoms with E-state index in [1.807, 2.05) is 31.3 Å². The van der Waals surface area contributed by atoms with Crippen LogP contribution >= 0.6 is 11.6 Å². The van der Waals surface area contributed by atoms with E-state index in [-0.39, 0.29) is 5.91 Å². The average molecular weight is 310 g/mol. The summed E-state index contributed by atoms with van der Waals surface area (Å²) in [6.07, 6.45) is 3.60. The third-order valence-corrected chi connectivity index (χ3v) is 4.34. The molecule has 116 valence electrons. The molecule has 2 rings (SSSR count). The van der Waals surface area contributed by atoms with Gasteiger partial charge in [-0.15, -0.1) is 0 Å². The van der Waals surface area contributed by atoms with Gasteiger partial charge in [-0.25, -0.2) is 0 Å². The molecule has 1 aliphatic heterocycles. The van der Waals surface area contributed by atoms with Gasteiger partial charge < -0.3 is 10.6 Å². The molecule has 1 amide bonds. The second-order valence-corrected chi connectivity index (χ2v) is 5.95. The van der Waals surface area contributed by atoms with E-state index in [0.29, 0.717) is 24.2 Å². The highest BCUT2D eigenvalue weighted by atomic mass is 35.5. The first-order valence-electron chi connectivity index (χ1n) is 7.59. The van der Waals surface area contributed by atoms with Crippen LogP contribution in [0.2, 0.25) is 5.02 Å². The van der Waals surface area contributed by atoms with E-state index in [0.717, 1.165) is 18.7 Å². The van der Waals surface area contributed by atoms with Gasteiger partial charge in [-0.3, -0.25) is 9.69 Å². The molecule has 0 saturated carbocycles. The molecule has 0 aliphatic carbocycles. The number of halogens is 1. The third kappa shape index (κ3) is 4.99. The van der Waals surface area contributed by atoms with Crippen LogP contribution in [0.1, 0.15) is 24.8 Å². The Bertz CT molecular complexity index is 465. The Hall–Kier alpha value is -1.10. The Morgan fingerprint density at radius 3 is 2.95 bits per heavy atom. The fourth-order valence-corrected chi connectivity index (χ4v) is 3.01. The third-order valence-electron chi connectivity index (χ3n) is 3.97. The van der Waals surface area contributed by atoms with Crippen molar-refractivity contribution in [2.75, 3.05) is 26.7 Å². The van der Waals surface area contributed by atoms with Crippen LogP contribution in [0.5, 0.6) is 0 Å². The van der Waals surface area contributed by atoms with Gasteiger partial charge >= 0.3 is 0 Å². The Balaban J connectivity index is 1.82. The standard InChI is InChI=1S/C16H24ClN3O/c1-18-11-14-7-4-5-9-20(14)12-16(21)19-10-13-6-2-3-8-15(13)17/h2-3,6,8,14,18H,4-5,7,9-12H2,1H3,(H,19,21). The lowest BCUT2D eigenvalue weighted by atomic mass is 10.0. The fourth-order valence-electron chi connectivity index (χ4n) is 2.81. The van der Waals surface area contributed by atoms with Crippen LogP contribution in [0.25, 0.3) is 0 Å². The van der Waals surface area contributed by atoms with Gasteiger partial charge in [-0.1, -0.05) is 36.2 Å². The minimum Gasteiger partial charge on any atom is -0.351 e. The van der Waals surface area contributed by atoms with Gasteiger partial charge in [0.15, 0.2) is 0 Å². The summed E-state index contributed by atoms with van der Waals surface area (Å²) in [6.45, 7) is 2.91. The van der Waals surface area contributed by atoms with E-state index in [1.54, 1.807) is 0 Å². The predicted octanol–water partition coefficient (Wildman–Crippen LogP) is 2.03. The SMILES string of the molecule is CNCC1CCCCN1CC(=O)NCc1ccccc1Cl. The molecular formula is C16H24ClN3O. The molecule has 1 aromatic rings. The van der Waals surface area contributed by atoms with E-state index in [1.165, 1.54) is 19.3 Å². The number of carbonyl (C=O) groups excluding carboxylic acids is 1. The Kier molecular flexibility index (Phi) is 6.49. The largest absolute Gasteiger partial charge is 0.351 e. The van der Waals surface area contributed by atoms with E-state index >= 15 is 0 Å². The van der Waals surface area contributed by atoms with Crippen molar-refractivity contribution in [2.24, 2.45) is 0 Å². The molecule has 4 nitrogen and oxygen atoms in total. The van der Waals surface area contributed by atoms with Crippen molar-refractivity contribution < 1.29 is 4.79 Å². The molecule has 1 fully saturated rings. The van der Waals surface area contributed by atoms with Crippen molar-refractivity contribution >= 4 is 17.5 Å². The van der Waals surface area contributed by atoms with Crippen LogP contribution in [-0.2, 0) is 11.3 Å². The molecule has 1 atom stereocenters. The van der Waals surface area contributed by atoms with Crippen molar-refractivity contribution in [3.05, 3.63) is 34.9 Å². The van der Waals surface area contributed by atoms with Crippen LogP contribution in [0.3, 0.4) is 0 Å². The van der Waals surface area contributed by atoms with Crippen LogP contribution in [0.4, 0.5) is 0 Å². The zero-order valence-electron chi connectivity index (χ0n) is 12.6. The Morgan fingerprint density at radius 2 is 2.19 bits per heavy atom. The van der Waals surface area contributed by atoms with Crippen LogP contribution in [0.15, 0.2) is 24.3 Å². The van der Waals surface area contributed by atoms with Gasteiger partial charge in [-0.2, -0.15) is 0 Å². The second-order valence-electron chi connectivity index (χ2n) is 5.55. The van der Waals surface area contributed by atoms with Crippen molar-refractivity contribution in [1.82, 2.24) is 15.5 Å². The van der Waals surface area contributed by atoms with Crippen LogP contribution in [-0.4, -0.2) is 43.5 Å². The Labute approximate surface area is 131 Å². The summed E-state index contributed by atoms with van der Waals surface area (Å²) in [5.41, 5.74) is 0.956. The first-order valence-corrected chi connectivity index (χ1v) is 7.97. The molecule has 1 heterocycles. The van der Waals surface area contributed by atoms with E-state index in [4.69, 9.17) is 11.6 Å². The van der Waals surface area contributed by atoms with Gasteiger partial charge in [0.25, 0.3) is 0 Å². The lowest BCUT2D eigenvalue weighted by Gasteiger charge is -2.35. The number of hydrogen-bond donors (Lipinski definition) is 2. The topological polar surface area (TPSA) is 44.4 Å². The summed E-state index contributed by atoms with van der Waals surface area (Å²) in [6, 6.07) is 8.07. The summed E-state index contributed by atoms with van der Waals surface area (Å²) in [7, 11) is 1.96. The predicted molar refractivity (Wildman–Crippen MR) is 86.4 cm³/mol. The maximum Gasteiger partial charge on any atom is 0.234 e. The normalized spacial score (nSPS) is 19.4. The van der Waals surface area contributed by atoms with Crippen LogP contribution in [0, 0.1) is 0 Å². The molecule has 0 spiro atoms. The summed E-state index contributed by atoms with van der Waals surface area (Å²) in [5.74, 6) is 0.0675. The zero-order valence-corrected chi connectivity index (χ0v) is 13.3. The highest BCUT2D eigenvalue weighted by Crippen LogP contribution is 2.16. The zero-order chi connectivity index (χ0) is 15.1. The molecule has 1 unspecified atom stereocenters. The van der Waals surface area contributed by atoms with Crippen molar-refractivity contribution in [3.8, 4) is 0 Å². The molecule has 5 heteroatoms. The van der Waals surface area contributed by atoms with Crippen molar-refractivity contribution in [1.29, 1.82) is 0 Å². The summed E-state index contributed by atoms with van der Waals surface area (Å²) in [4.78, 5) is 14.4. The molecule has 21 heavy (non-hydrogen) atoms. The number of piperidine rings is 1. The van der Waals surface area contributed by atoms with E-state index in [2.05, 4.69) is 15.5 Å². The highest BCUT2D eigenvalue weighted by Gasteiger charge is 2.23. The molecular weight excluding hydrogens is 286 g/mol. The van der Waals surface area contributed by atoms with Crippen molar-refractivity contribution in [3.63, 3.8) is 0 Å². The number of nitrogens with zero attached hydrogens (tertiary/aromatic N) is 1. The lowest BCUT2D eigenvalue weighted by molar-refractivity contribution is -0.123. The van der Waals surface area contributed by atoms with Gasteiger partial charge in [0.2, 0.25) is 5.91 Å². The fraction of sp³-hybridized carbons (Fsp3) is 0.562. The molecule has 0 aromatic heterocycles. The number of hydrogen-bond acceptors (Lipinski definition) is 3. The van der Waals surface area contributed by atoms with Gasteiger partial charge in [0.1, 0.15) is 0 Å². The highest BCUT2D eigenvalue weighted by molar-refractivity contribution is 6.31. The number of rotatable bonds is 6. The van der Waals surface area contributed by atoms with Gasteiger partial charge in [0, 0.05) is 24.2 Å². The van der Waals surface area contributed by atoms with Crippen LogP contribution < -0.4 is 10.6 Å². The molecule has 1 aromatic carbocycles. The molecule has 0 bridgehead atoms. The monoisotopic (exact) mass is 309 g/mol. The smallest absolute Gasteiger partial charge is 0.234 e. The lowest BCUT2D eigenvalue weighted by Crippen LogP contribution is -2.48. The Morgan fingerprint density at radius 1 is 1.38 bits per heavy atom. The molecule has 1 aliphatic rings. The average Bonchev–Trinajstić information content (AvgIpc) is 2.49. The summed E-state index contributed by atoms with van der Waals surface area (Å²) in [5, 5.41) is 6.88. The number of likely N-dealkylation sites (tertiary alicyclic amines) is 1. The van der Waals surface area contributed by atoms with Crippen molar-refractivity contribution in [2.45, 2.75) is 31.8 Å². The minimum absolute atomic E-state index is 0.0675. The quantitative estimate of drug-likeness (QED) is 0.845. The number of amides is 1. The van der Waals surface area contributed by atoms with E-state index < -0.39 is 0 Å². The second kappa shape index (κ2) is 8.37.